The van der Waals surface area contributed by atoms with Gasteiger partial charge in [0.15, 0.2) is 6.23 Å². The highest BCUT2D eigenvalue weighted by Crippen LogP contribution is 2.46. The molecule has 1 heterocycles. The van der Waals surface area contributed by atoms with Gasteiger partial charge >= 0.3 is 0 Å². The summed E-state index contributed by atoms with van der Waals surface area (Å²) >= 11 is 0. The van der Waals surface area contributed by atoms with Crippen LogP contribution < -0.4 is 0 Å². The predicted octanol–water partition coefficient (Wildman–Crippen LogP) is 4.31. The Hall–Kier alpha value is -3.18. The molecule has 1 N–H and O–H groups in total. The number of nitrogens with zero attached hydrogens (tertiary/aromatic N) is 1. The van der Waals surface area contributed by atoms with Crippen molar-refractivity contribution in [2.24, 2.45) is 0 Å². The zero-order valence-corrected chi connectivity index (χ0v) is 14.5. The normalized spacial score (nSPS) is 17.3. The number of hydrogen-bond acceptors (Lipinski definition) is 4. The molecule has 4 nitrogen and oxygen atoms in total. The average Bonchev–Trinajstić information content (AvgIpc) is 3.07. The minimum Gasteiger partial charge on any atom is -0.508 e. The standard InChI is InChI=1S/C22H18FNO3/c23-17-10-11-20(26)19(12-17)21-18-9-5-4-8-16(18)13-24(21)22(27-14-25)15-6-2-1-3-7-15/h1-12,14,21-22,26H,13H2. The molecule has 136 valence electrons. The van der Waals surface area contributed by atoms with Crippen LogP contribution in [0.2, 0.25) is 0 Å². The van der Waals surface area contributed by atoms with Gasteiger partial charge in [0, 0.05) is 17.7 Å². The fraction of sp³-hybridized carbons (Fsp3) is 0.136. The molecule has 1 aliphatic heterocycles. The number of aromatic hydroxyl groups is 1. The third-order valence-electron chi connectivity index (χ3n) is 4.89. The van der Waals surface area contributed by atoms with Crippen molar-refractivity contribution in [1.29, 1.82) is 0 Å². The third-order valence-corrected chi connectivity index (χ3v) is 4.89. The molecule has 0 amide bonds. The Bertz CT molecular complexity index is 961. The molecular weight excluding hydrogens is 345 g/mol. The van der Waals surface area contributed by atoms with Crippen LogP contribution in [0.15, 0.2) is 72.8 Å². The Morgan fingerprint density at radius 2 is 1.78 bits per heavy atom. The van der Waals surface area contributed by atoms with Crippen LogP contribution in [0.4, 0.5) is 4.39 Å². The molecule has 0 aliphatic carbocycles. The van der Waals surface area contributed by atoms with Gasteiger partial charge in [-0.1, -0.05) is 54.6 Å². The molecule has 2 unspecified atom stereocenters. The number of ether oxygens (including phenoxy) is 1. The van der Waals surface area contributed by atoms with Gasteiger partial charge in [0.2, 0.25) is 0 Å². The lowest BCUT2D eigenvalue weighted by molar-refractivity contribution is -0.146. The number of phenols is 1. The maximum Gasteiger partial charge on any atom is 0.294 e. The summed E-state index contributed by atoms with van der Waals surface area (Å²) in [6, 6.07) is 20.6. The Kier molecular flexibility index (Phi) is 4.60. The highest BCUT2D eigenvalue weighted by atomic mass is 19.1. The quantitative estimate of drug-likeness (QED) is 0.687. The summed E-state index contributed by atoms with van der Waals surface area (Å²) in [7, 11) is 0. The van der Waals surface area contributed by atoms with Crippen LogP contribution in [0.3, 0.4) is 0 Å². The van der Waals surface area contributed by atoms with Gasteiger partial charge in [0.25, 0.3) is 6.47 Å². The summed E-state index contributed by atoms with van der Waals surface area (Å²) in [5.41, 5.74) is 3.24. The first kappa shape index (κ1) is 17.2. The molecular formula is C22H18FNO3. The maximum atomic E-state index is 14.0. The second kappa shape index (κ2) is 7.21. The van der Waals surface area contributed by atoms with E-state index in [0.29, 0.717) is 18.6 Å². The maximum absolute atomic E-state index is 14.0. The summed E-state index contributed by atoms with van der Waals surface area (Å²) < 4.78 is 19.4. The number of rotatable bonds is 5. The molecule has 0 saturated carbocycles. The van der Waals surface area contributed by atoms with E-state index in [1.54, 1.807) is 0 Å². The Morgan fingerprint density at radius 3 is 2.56 bits per heavy atom. The van der Waals surface area contributed by atoms with E-state index >= 15 is 0 Å². The molecule has 3 aromatic rings. The lowest BCUT2D eigenvalue weighted by atomic mass is 9.96. The number of phenolic OH excluding ortho intramolecular Hbond substituents is 1. The lowest BCUT2D eigenvalue weighted by Crippen LogP contribution is -2.30. The molecule has 4 rings (SSSR count). The van der Waals surface area contributed by atoms with E-state index in [-0.39, 0.29) is 5.75 Å². The van der Waals surface area contributed by atoms with E-state index < -0.39 is 18.1 Å². The Morgan fingerprint density at radius 1 is 1.04 bits per heavy atom. The first-order valence-electron chi connectivity index (χ1n) is 8.65. The highest BCUT2D eigenvalue weighted by molar-refractivity contribution is 5.47. The van der Waals surface area contributed by atoms with E-state index in [9.17, 15) is 14.3 Å². The highest BCUT2D eigenvalue weighted by Gasteiger charge is 2.38. The van der Waals surface area contributed by atoms with Gasteiger partial charge in [0.1, 0.15) is 11.6 Å². The van der Waals surface area contributed by atoms with Gasteiger partial charge < -0.3 is 9.84 Å². The topological polar surface area (TPSA) is 49.8 Å². The summed E-state index contributed by atoms with van der Waals surface area (Å²) in [6.07, 6.45) is -0.663. The van der Waals surface area contributed by atoms with Crippen molar-refractivity contribution in [3.05, 3.63) is 101 Å². The van der Waals surface area contributed by atoms with Gasteiger partial charge in [0.05, 0.1) is 6.04 Å². The van der Waals surface area contributed by atoms with Crippen LogP contribution in [0.1, 0.15) is 34.5 Å². The van der Waals surface area contributed by atoms with Crippen molar-refractivity contribution in [2.75, 3.05) is 0 Å². The molecule has 5 heteroatoms. The zero-order chi connectivity index (χ0) is 18.8. The molecule has 3 aromatic carbocycles. The fourth-order valence-corrected chi connectivity index (χ4v) is 3.74. The van der Waals surface area contributed by atoms with Crippen molar-refractivity contribution in [1.82, 2.24) is 4.90 Å². The second-order valence-corrected chi connectivity index (χ2v) is 6.47. The van der Waals surface area contributed by atoms with Crippen LogP contribution in [0.5, 0.6) is 5.75 Å². The summed E-state index contributed by atoms with van der Waals surface area (Å²) in [5, 5.41) is 10.4. The number of halogens is 1. The van der Waals surface area contributed by atoms with Crippen molar-refractivity contribution < 1.29 is 19.0 Å². The fourth-order valence-electron chi connectivity index (χ4n) is 3.74. The molecule has 0 aromatic heterocycles. The van der Waals surface area contributed by atoms with E-state index in [4.69, 9.17) is 4.74 Å². The monoisotopic (exact) mass is 363 g/mol. The van der Waals surface area contributed by atoms with E-state index in [2.05, 4.69) is 0 Å². The number of hydrogen-bond donors (Lipinski definition) is 1. The number of benzene rings is 3. The van der Waals surface area contributed by atoms with Gasteiger partial charge in [-0.2, -0.15) is 0 Å². The Balaban J connectivity index is 1.85. The van der Waals surface area contributed by atoms with E-state index in [0.717, 1.165) is 16.7 Å². The minimum absolute atomic E-state index is 0.000942. The zero-order valence-electron chi connectivity index (χ0n) is 14.5. The second-order valence-electron chi connectivity index (χ2n) is 6.47. The van der Waals surface area contributed by atoms with E-state index in [1.807, 2.05) is 59.5 Å². The van der Waals surface area contributed by atoms with Gasteiger partial charge in [-0.05, 0) is 29.3 Å². The molecule has 0 saturated heterocycles. The average molecular weight is 363 g/mol. The smallest absolute Gasteiger partial charge is 0.294 e. The summed E-state index contributed by atoms with van der Waals surface area (Å²) in [5.74, 6) is -0.430. The largest absolute Gasteiger partial charge is 0.508 e. The first-order valence-corrected chi connectivity index (χ1v) is 8.65. The molecule has 1 aliphatic rings. The van der Waals surface area contributed by atoms with Crippen molar-refractivity contribution in [3.63, 3.8) is 0 Å². The minimum atomic E-state index is -0.663. The molecule has 0 spiro atoms. The van der Waals surface area contributed by atoms with Gasteiger partial charge in [-0.25, -0.2) is 9.29 Å². The van der Waals surface area contributed by atoms with Crippen LogP contribution >= 0.6 is 0 Å². The third kappa shape index (κ3) is 3.17. The van der Waals surface area contributed by atoms with Crippen LogP contribution in [-0.2, 0) is 16.1 Å². The molecule has 0 fully saturated rings. The lowest BCUT2D eigenvalue weighted by Gasteiger charge is -2.32. The van der Waals surface area contributed by atoms with E-state index in [1.165, 1.54) is 18.2 Å². The molecule has 27 heavy (non-hydrogen) atoms. The number of fused-ring (bicyclic) bond motifs is 1. The predicted molar refractivity (Wildman–Crippen MR) is 98.2 cm³/mol. The van der Waals surface area contributed by atoms with Gasteiger partial charge in [-0.15, -0.1) is 0 Å². The number of carbonyl (C=O) groups excluding carboxylic acids is 1. The van der Waals surface area contributed by atoms with Crippen LogP contribution in [0, 0.1) is 5.82 Å². The molecule has 0 bridgehead atoms. The summed E-state index contributed by atoms with van der Waals surface area (Å²) in [4.78, 5) is 13.2. The molecule has 2 atom stereocenters. The SMILES string of the molecule is O=COC(c1ccccc1)N1Cc2ccccc2C1c1cc(F)ccc1O. The van der Waals surface area contributed by atoms with Crippen LogP contribution in [0.25, 0.3) is 0 Å². The Labute approximate surface area is 156 Å². The van der Waals surface area contributed by atoms with Crippen molar-refractivity contribution in [3.8, 4) is 5.75 Å². The van der Waals surface area contributed by atoms with Crippen molar-refractivity contribution >= 4 is 6.47 Å². The first-order chi connectivity index (χ1) is 13.2. The van der Waals surface area contributed by atoms with Gasteiger partial charge in [-0.3, -0.25) is 4.79 Å². The number of carbonyl (C=O) groups is 1. The molecule has 0 radical (unpaired) electrons. The van der Waals surface area contributed by atoms with Crippen LogP contribution in [-0.4, -0.2) is 16.5 Å². The van der Waals surface area contributed by atoms with Crippen molar-refractivity contribution in [2.45, 2.75) is 18.8 Å². The summed E-state index contributed by atoms with van der Waals surface area (Å²) in [6.45, 7) is 0.924.